The zero-order valence-corrected chi connectivity index (χ0v) is 24.1. The fraction of sp³-hybridized carbons (Fsp3) is 0.290. The van der Waals surface area contributed by atoms with E-state index in [0.717, 1.165) is 11.3 Å². The van der Waals surface area contributed by atoms with Crippen molar-refractivity contribution >= 4 is 23.2 Å². The first-order valence-corrected chi connectivity index (χ1v) is 14.0. The first-order valence-electron chi connectivity index (χ1n) is 13.6. The van der Waals surface area contributed by atoms with E-state index in [4.69, 9.17) is 21.4 Å². The van der Waals surface area contributed by atoms with Crippen molar-refractivity contribution in [1.29, 1.82) is 0 Å². The zero-order valence-electron chi connectivity index (χ0n) is 23.4. The number of anilines is 1. The molecule has 0 unspecified atom stereocenters. The Balaban J connectivity index is 1.38. The molecule has 5 rings (SSSR count). The van der Waals surface area contributed by atoms with Crippen LogP contribution in [0.5, 0.6) is 5.75 Å². The van der Waals surface area contributed by atoms with Gasteiger partial charge in [0, 0.05) is 54.2 Å². The summed E-state index contributed by atoms with van der Waals surface area (Å²) in [7, 11) is 1.45. The Morgan fingerprint density at radius 2 is 1.98 bits per heavy atom. The van der Waals surface area contributed by atoms with Crippen LogP contribution in [0.3, 0.4) is 0 Å². The highest BCUT2D eigenvalue weighted by Gasteiger charge is 2.52. The minimum atomic E-state index is -1.82. The summed E-state index contributed by atoms with van der Waals surface area (Å²) in [6, 6.07) is 15.7. The number of amides is 1. The van der Waals surface area contributed by atoms with Crippen molar-refractivity contribution in [3.05, 3.63) is 111 Å². The summed E-state index contributed by atoms with van der Waals surface area (Å²) >= 11 is 6.33. The number of allylic oxidation sites excluding steroid dienone is 1. The molecule has 42 heavy (non-hydrogen) atoms. The van der Waals surface area contributed by atoms with Gasteiger partial charge in [-0.2, -0.15) is 0 Å². The molecule has 2 aromatic heterocycles. The Bertz CT molecular complexity index is 1680. The topological polar surface area (TPSA) is 123 Å². The minimum absolute atomic E-state index is 0.0129. The maximum Gasteiger partial charge on any atom is 0.297 e. The smallest absolute Gasteiger partial charge is 0.297 e. The number of ether oxygens (including phenoxy) is 1. The van der Waals surface area contributed by atoms with Crippen molar-refractivity contribution in [3.63, 3.8) is 0 Å². The molecule has 0 radical (unpaired) electrons. The van der Waals surface area contributed by atoms with Crippen LogP contribution in [-0.2, 0) is 29.9 Å². The van der Waals surface area contributed by atoms with Crippen LogP contribution >= 0.6 is 11.6 Å². The van der Waals surface area contributed by atoms with Crippen LogP contribution in [0.1, 0.15) is 30.2 Å². The number of hydrogen-bond donors (Lipinski definition) is 2. The van der Waals surface area contributed by atoms with Crippen LogP contribution in [-0.4, -0.2) is 49.4 Å². The first-order chi connectivity index (χ1) is 20.3. The van der Waals surface area contributed by atoms with E-state index in [1.165, 1.54) is 11.7 Å². The molecule has 11 heteroatoms. The van der Waals surface area contributed by atoms with Crippen molar-refractivity contribution in [3.8, 4) is 11.4 Å². The van der Waals surface area contributed by atoms with E-state index >= 15 is 0 Å². The molecule has 0 saturated carbocycles. The predicted octanol–water partition coefficient (Wildman–Crippen LogP) is 3.64. The average Bonchev–Trinajstić information content (AvgIpc) is 3.52. The van der Waals surface area contributed by atoms with Gasteiger partial charge in [0.25, 0.3) is 11.5 Å². The molecule has 3 heterocycles. The lowest BCUT2D eigenvalue weighted by Crippen LogP contribution is -2.44. The van der Waals surface area contributed by atoms with Crippen molar-refractivity contribution in [2.75, 3.05) is 18.6 Å². The molecule has 2 aromatic carbocycles. The second-order valence-electron chi connectivity index (χ2n) is 10.2. The number of aliphatic hydroxyl groups excluding tert-OH is 1. The largest absolute Gasteiger partial charge is 0.491 e. The first kappa shape index (κ1) is 29.2. The molecule has 0 fully saturated rings. The number of carbonyl (C=O) groups excluding carboxylic acids is 1. The highest BCUT2D eigenvalue weighted by molar-refractivity contribution is 6.31. The van der Waals surface area contributed by atoms with Crippen LogP contribution < -0.4 is 15.2 Å². The zero-order chi connectivity index (χ0) is 29.9. The van der Waals surface area contributed by atoms with E-state index in [1.807, 2.05) is 30.4 Å². The number of fused-ring (bicyclic) bond motifs is 1. The van der Waals surface area contributed by atoms with Crippen molar-refractivity contribution in [2.24, 2.45) is 5.92 Å². The Labute approximate surface area is 248 Å². The van der Waals surface area contributed by atoms with Crippen LogP contribution in [0, 0.1) is 5.92 Å². The van der Waals surface area contributed by atoms with Gasteiger partial charge < -0.3 is 19.8 Å². The normalized spacial score (nSPS) is 17.2. The van der Waals surface area contributed by atoms with Gasteiger partial charge in [0.2, 0.25) is 0 Å². The van der Waals surface area contributed by atoms with Crippen LogP contribution in [0.2, 0.25) is 5.02 Å². The number of hydrogen-bond acceptors (Lipinski definition) is 7. The van der Waals surface area contributed by atoms with Crippen LogP contribution in [0.25, 0.3) is 5.69 Å². The van der Waals surface area contributed by atoms with E-state index in [1.54, 1.807) is 65.3 Å². The fourth-order valence-electron chi connectivity index (χ4n) is 5.22. The highest BCUT2D eigenvalue weighted by atomic mass is 35.5. The maximum absolute atomic E-state index is 13.9. The van der Waals surface area contributed by atoms with Crippen molar-refractivity contribution < 1.29 is 19.7 Å². The van der Waals surface area contributed by atoms with E-state index in [-0.39, 0.29) is 24.5 Å². The van der Waals surface area contributed by atoms with Crippen LogP contribution in [0.4, 0.5) is 5.69 Å². The molecule has 1 amide bonds. The number of benzene rings is 2. The third kappa shape index (κ3) is 5.61. The van der Waals surface area contributed by atoms with E-state index < -0.39 is 17.4 Å². The second-order valence-corrected chi connectivity index (χ2v) is 10.6. The van der Waals surface area contributed by atoms with Crippen LogP contribution in [0.15, 0.2) is 83.9 Å². The summed E-state index contributed by atoms with van der Waals surface area (Å²) in [6.45, 7) is 2.56. The number of pyridine rings is 1. The third-order valence-corrected chi connectivity index (χ3v) is 7.69. The SMILES string of the molecule is COc1cccn(-c2cccc(CN3C(=O)[C@@](O)([C@@H](C)/C=C/CCn4cc(CCO)nn4)c4cc(Cl)ccc43)c2)c1=O. The molecule has 218 valence electrons. The summed E-state index contributed by atoms with van der Waals surface area (Å²) in [5, 5.41) is 29.5. The van der Waals surface area contributed by atoms with Gasteiger partial charge in [-0.1, -0.05) is 48.0 Å². The highest BCUT2D eigenvalue weighted by Crippen LogP contribution is 2.46. The average molecular weight is 590 g/mol. The number of methoxy groups -OCH3 is 1. The van der Waals surface area contributed by atoms with Gasteiger partial charge in [0.05, 0.1) is 25.0 Å². The number of carbonyl (C=O) groups is 1. The monoisotopic (exact) mass is 589 g/mol. The number of aryl methyl sites for hydroxylation is 1. The third-order valence-electron chi connectivity index (χ3n) is 7.46. The van der Waals surface area contributed by atoms with E-state index in [0.29, 0.717) is 41.3 Å². The quantitative estimate of drug-likeness (QED) is 0.256. The van der Waals surface area contributed by atoms with Gasteiger partial charge in [-0.3, -0.25) is 18.8 Å². The van der Waals surface area contributed by atoms with E-state index in [2.05, 4.69) is 10.3 Å². The standard InChI is InChI=1S/C31H32ClN5O5/c1-21(7-3-4-14-35-20-24(13-16-38)33-34-35)31(41)26-18-23(32)11-12-27(26)37(30(31)40)19-22-8-5-9-25(17-22)36-15-6-10-28(42-2)29(36)39/h3,5-12,15,17-18,20-21,38,41H,4,13-14,16,19H2,1-2H3/b7-3+/t21-,31+/m0/s1. The molecular formula is C31H32ClN5O5. The summed E-state index contributed by atoms with van der Waals surface area (Å²) in [6.07, 6.45) is 8.24. The molecule has 1 aliphatic rings. The number of aromatic nitrogens is 4. The fourth-order valence-corrected chi connectivity index (χ4v) is 5.39. The van der Waals surface area contributed by atoms with Gasteiger partial charge in [-0.25, -0.2) is 0 Å². The van der Waals surface area contributed by atoms with Gasteiger partial charge in [0.15, 0.2) is 11.4 Å². The summed E-state index contributed by atoms with van der Waals surface area (Å²) in [4.78, 5) is 28.3. The molecule has 0 bridgehead atoms. The molecular weight excluding hydrogens is 558 g/mol. The summed E-state index contributed by atoms with van der Waals surface area (Å²) in [5.74, 6) is -0.788. The molecule has 4 aromatic rings. The van der Waals surface area contributed by atoms with E-state index in [9.17, 15) is 14.7 Å². The Hall–Kier alpha value is -4.25. The molecule has 10 nitrogen and oxygen atoms in total. The second kappa shape index (κ2) is 12.3. The lowest BCUT2D eigenvalue weighted by Gasteiger charge is -2.28. The Morgan fingerprint density at radius 3 is 2.76 bits per heavy atom. The number of halogens is 1. The van der Waals surface area contributed by atoms with Gasteiger partial charge in [-0.15, -0.1) is 5.10 Å². The number of rotatable bonds is 11. The molecule has 2 N–H and O–H groups in total. The van der Waals surface area contributed by atoms with Gasteiger partial charge in [0.1, 0.15) is 0 Å². The Morgan fingerprint density at radius 1 is 1.14 bits per heavy atom. The summed E-state index contributed by atoms with van der Waals surface area (Å²) in [5.41, 5.74) is 1.03. The Kier molecular flexibility index (Phi) is 8.58. The maximum atomic E-state index is 13.9. The van der Waals surface area contributed by atoms with Gasteiger partial charge >= 0.3 is 0 Å². The molecule has 0 aliphatic carbocycles. The summed E-state index contributed by atoms with van der Waals surface area (Å²) < 4.78 is 8.35. The lowest BCUT2D eigenvalue weighted by atomic mass is 9.83. The molecule has 0 saturated heterocycles. The van der Waals surface area contributed by atoms with Gasteiger partial charge in [-0.05, 0) is 54.4 Å². The van der Waals surface area contributed by atoms with Crippen molar-refractivity contribution in [1.82, 2.24) is 19.6 Å². The van der Waals surface area contributed by atoms with Crippen molar-refractivity contribution in [2.45, 2.75) is 38.5 Å². The molecule has 0 spiro atoms. The lowest BCUT2D eigenvalue weighted by molar-refractivity contribution is -0.139. The molecule has 1 aliphatic heterocycles. The minimum Gasteiger partial charge on any atom is -0.491 e. The molecule has 2 atom stereocenters. The number of aliphatic hydroxyl groups is 2. The number of nitrogens with zero attached hydrogens (tertiary/aromatic N) is 5. The predicted molar refractivity (Wildman–Crippen MR) is 159 cm³/mol.